The number of rotatable bonds is 9. The van der Waals surface area contributed by atoms with Gasteiger partial charge in [-0.1, -0.05) is 43.5 Å². The van der Waals surface area contributed by atoms with Crippen LogP contribution < -0.4 is 5.32 Å². The van der Waals surface area contributed by atoms with Crippen LogP contribution in [0.15, 0.2) is 48.5 Å². The van der Waals surface area contributed by atoms with Crippen LogP contribution in [0.25, 0.3) is 11.4 Å². The Kier molecular flexibility index (Phi) is 7.08. The van der Waals surface area contributed by atoms with Crippen LogP contribution in [0.4, 0.5) is 5.69 Å². The number of unbranched alkanes of at least 4 members (excludes halogenated alkanes) is 2. The first-order chi connectivity index (χ1) is 14.0. The number of carbonyl (C=O) groups excluding carboxylic acids is 2. The number of anilines is 1. The molecule has 7 nitrogen and oxygen atoms in total. The zero-order valence-corrected chi connectivity index (χ0v) is 16.9. The number of halogens is 1. The normalized spacial score (nSPS) is 10.7. The van der Waals surface area contributed by atoms with E-state index >= 15 is 0 Å². The molecule has 1 heterocycles. The van der Waals surface area contributed by atoms with Crippen molar-refractivity contribution in [3.8, 4) is 11.4 Å². The van der Waals surface area contributed by atoms with Crippen molar-refractivity contribution >= 4 is 29.0 Å². The Morgan fingerprint density at radius 1 is 1.10 bits per heavy atom. The summed E-state index contributed by atoms with van der Waals surface area (Å²) in [5, 5.41) is 15.6. The Morgan fingerprint density at radius 3 is 2.62 bits per heavy atom. The van der Waals surface area contributed by atoms with E-state index in [0.717, 1.165) is 24.8 Å². The lowest BCUT2D eigenvalue weighted by Crippen LogP contribution is -2.14. The van der Waals surface area contributed by atoms with Crippen LogP contribution in [0.2, 0.25) is 5.02 Å². The molecule has 3 aromatic rings. The number of amides is 1. The largest absolute Gasteiger partial charge is 0.326 e. The fourth-order valence-electron chi connectivity index (χ4n) is 2.77. The average Bonchev–Trinajstić information content (AvgIpc) is 3.17. The smallest absolute Gasteiger partial charge is 0.224 e. The molecule has 0 bridgehead atoms. The first-order valence-electron chi connectivity index (χ1n) is 9.52. The summed E-state index contributed by atoms with van der Waals surface area (Å²) in [6, 6.07) is 13.9. The van der Waals surface area contributed by atoms with Gasteiger partial charge in [-0.3, -0.25) is 9.59 Å². The molecule has 0 aliphatic heterocycles. The molecule has 0 unspecified atom stereocenters. The van der Waals surface area contributed by atoms with E-state index in [1.807, 2.05) is 6.07 Å². The highest BCUT2D eigenvalue weighted by atomic mass is 35.5. The van der Waals surface area contributed by atoms with E-state index in [0.29, 0.717) is 28.5 Å². The zero-order chi connectivity index (χ0) is 20.6. The van der Waals surface area contributed by atoms with E-state index in [-0.39, 0.29) is 18.2 Å². The van der Waals surface area contributed by atoms with Crippen LogP contribution >= 0.6 is 11.6 Å². The van der Waals surface area contributed by atoms with Gasteiger partial charge in [-0.25, -0.2) is 0 Å². The molecule has 29 heavy (non-hydrogen) atoms. The molecule has 0 radical (unpaired) electrons. The van der Waals surface area contributed by atoms with Crippen LogP contribution in [0.3, 0.4) is 0 Å². The van der Waals surface area contributed by atoms with Gasteiger partial charge < -0.3 is 5.32 Å². The number of Topliss-reactive ketones (excluding diaryl/α,β-unsaturated/α-hetero) is 1. The van der Waals surface area contributed by atoms with Crippen LogP contribution in [0.5, 0.6) is 0 Å². The molecule has 0 saturated carbocycles. The highest BCUT2D eigenvalue weighted by molar-refractivity contribution is 6.30. The predicted molar refractivity (Wildman–Crippen MR) is 112 cm³/mol. The summed E-state index contributed by atoms with van der Waals surface area (Å²) in [7, 11) is 0. The molecule has 0 saturated heterocycles. The fourth-order valence-corrected chi connectivity index (χ4v) is 2.96. The Labute approximate surface area is 174 Å². The SMILES string of the molecule is CCCCCC(=O)Nc1ccc(C(=O)Cn2nnc(-c3cccc(Cl)c3)n2)cc1. The molecule has 1 N–H and O–H groups in total. The van der Waals surface area contributed by atoms with Gasteiger partial charge in [-0.15, -0.1) is 10.2 Å². The monoisotopic (exact) mass is 411 g/mol. The Morgan fingerprint density at radius 2 is 1.90 bits per heavy atom. The van der Waals surface area contributed by atoms with Crippen molar-refractivity contribution in [2.24, 2.45) is 0 Å². The highest BCUT2D eigenvalue weighted by Crippen LogP contribution is 2.18. The molecule has 0 aliphatic carbocycles. The minimum Gasteiger partial charge on any atom is -0.326 e. The van der Waals surface area contributed by atoms with E-state index in [1.165, 1.54) is 4.80 Å². The molecule has 0 atom stereocenters. The standard InChI is InChI=1S/C21H22ClN5O2/c1-2-3-4-8-20(29)23-18-11-9-15(10-12-18)19(28)14-27-25-21(24-26-27)16-6-5-7-17(22)13-16/h5-7,9-13H,2-4,8,14H2,1H3,(H,23,29). The Bertz CT molecular complexity index is 985. The second kappa shape index (κ2) is 9.93. The summed E-state index contributed by atoms with van der Waals surface area (Å²) in [6.45, 7) is 2.07. The molecule has 0 fully saturated rings. The van der Waals surface area contributed by atoms with E-state index in [2.05, 4.69) is 27.7 Å². The molecule has 0 spiro atoms. The van der Waals surface area contributed by atoms with Crippen molar-refractivity contribution in [2.75, 3.05) is 5.32 Å². The Balaban J connectivity index is 1.58. The lowest BCUT2D eigenvalue weighted by molar-refractivity contribution is -0.116. The van der Waals surface area contributed by atoms with Crippen molar-refractivity contribution in [1.82, 2.24) is 20.2 Å². The van der Waals surface area contributed by atoms with Crippen molar-refractivity contribution in [2.45, 2.75) is 39.2 Å². The number of nitrogens with one attached hydrogen (secondary N) is 1. The molecule has 0 aliphatic rings. The van der Waals surface area contributed by atoms with E-state index in [4.69, 9.17) is 11.6 Å². The van der Waals surface area contributed by atoms with E-state index in [1.54, 1.807) is 42.5 Å². The quantitative estimate of drug-likeness (QED) is 0.416. The van der Waals surface area contributed by atoms with Gasteiger partial charge in [0.1, 0.15) is 6.54 Å². The third kappa shape index (κ3) is 5.96. The maximum absolute atomic E-state index is 12.5. The van der Waals surface area contributed by atoms with Crippen molar-refractivity contribution < 1.29 is 9.59 Å². The zero-order valence-electron chi connectivity index (χ0n) is 16.1. The van der Waals surface area contributed by atoms with Crippen molar-refractivity contribution in [1.29, 1.82) is 0 Å². The maximum atomic E-state index is 12.5. The van der Waals surface area contributed by atoms with Gasteiger partial charge >= 0.3 is 0 Å². The average molecular weight is 412 g/mol. The van der Waals surface area contributed by atoms with E-state index < -0.39 is 0 Å². The molecule has 2 aromatic carbocycles. The number of hydrogen-bond donors (Lipinski definition) is 1. The van der Waals surface area contributed by atoms with Crippen molar-refractivity contribution in [3.05, 3.63) is 59.1 Å². The van der Waals surface area contributed by atoms with Crippen molar-refractivity contribution in [3.63, 3.8) is 0 Å². The van der Waals surface area contributed by atoms with Gasteiger partial charge in [0.15, 0.2) is 5.78 Å². The lowest BCUT2D eigenvalue weighted by atomic mass is 10.1. The van der Waals surface area contributed by atoms with Gasteiger partial charge in [-0.05, 0) is 48.0 Å². The number of nitrogens with zero attached hydrogens (tertiary/aromatic N) is 4. The molecular formula is C21H22ClN5O2. The number of benzene rings is 2. The topological polar surface area (TPSA) is 89.8 Å². The number of tetrazole rings is 1. The maximum Gasteiger partial charge on any atom is 0.224 e. The van der Waals surface area contributed by atoms with Crippen LogP contribution in [0, 0.1) is 0 Å². The summed E-state index contributed by atoms with van der Waals surface area (Å²) in [5.74, 6) is 0.236. The first-order valence-corrected chi connectivity index (χ1v) is 9.90. The summed E-state index contributed by atoms with van der Waals surface area (Å²) in [4.78, 5) is 25.6. The minimum absolute atomic E-state index is 0.0158. The van der Waals surface area contributed by atoms with Gasteiger partial charge in [0, 0.05) is 28.3 Å². The van der Waals surface area contributed by atoms with Gasteiger partial charge in [0.05, 0.1) is 0 Å². The highest BCUT2D eigenvalue weighted by Gasteiger charge is 2.12. The second-order valence-corrected chi connectivity index (χ2v) is 7.10. The molecule has 1 amide bonds. The molecule has 150 valence electrons. The molecular weight excluding hydrogens is 390 g/mol. The van der Waals surface area contributed by atoms with Crippen LogP contribution in [-0.4, -0.2) is 31.9 Å². The molecule has 1 aromatic heterocycles. The third-order valence-electron chi connectivity index (χ3n) is 4.32. The number of carbonyl (C=O) groups is 2. The van der Waals surface area contributed by atoms with Crippen LogP contribution in [-0.2, 0) is 11.3 Å². The predicted octanol–water partition coefficient (Wildman–Crippen LogP) is 4.40. The summed E-state index contributed by atoms with van der Waals surface area (Å²) < 4.78 is 0. The Hall–Kier alpha value is -3.06. The summed E-state index contributed by atoms with van der Waals surface area (Å²) in [5.41, 5.74) is 1.91. The fraction of sp³-hybridized carbons (Fsp3) is 0.286. The van der Waals surface area contributed by atoms with Crippen LogP contribution in [0.1, 0.15) is 43.0 Å². The van der Waals surface area contributed by atoms with E-state index in [9.17, 15) is 9.59 Å². The van der Waals surface area contributed by atoms with Gasteiger partial charge in [0.25, 0.3) is 0 Å². The summed E-state index contributed by atoms with van der Waals surface area (Å²) >= 11 is 5.98. The second-order valence-electron chi connectivity index (χ2n) is 6.66. The number of ketones is 1. The van der Waals surface area contributed by atoms with Gasteiger partial charge in [0.2, 0.25) is 11.7 Å². The van der Waals surface area contributed by atoms with Gasteiger partial charge in [-0.2, -0.15) is 4.80 Å². The lowest BCUT2D eigenvalue weighted by Gasteiger charge is -2.06. The first kappa shape index (κ1) is 20.7. The molecule has 3 rings (SSSR count). The number of aromatic nitrogens is 4. The molecule has 8 heteroatoms. The third-order valence-corrected chi connectivity index (χ3v) is 4.55. The minimum atomic E-state index is -0.152. The summed E-state index contributed by atoms with van der Waals surface area (Å²) in [6.07, 6.45) is 3.49. The number of hydrogen-bond acceptors (Lipinski definition) is 5.